The monoisotopic (exact) mass is 746 g/mol. The summed E-state index contributed by atoms with van der Waals surface area (Å²) in [7, 11) is 0. The molecule has 14 heteroatoms. The number of fused-ring (bicyclic) bond motifs is 8. The summed E-state index contributed by atoms with van der Waals surface area (Å²) < 4.78 is 23.0. The van der Waals surface area contributed by atoms with Crippen LogP contribution in [0.3, 0.4) is 0 Å². The number of ether oxygens (including phenoxy) is 2. The number of pyridine rings is 2. The van der Waals surface area contributed by atoms with E-state index < -0.39 is 0 Å². The first-order valence-corrected chi connectivity index (χ1v) is 18.1. The molecule has 14 nitrogen and oxygen atoms in total. The van der Waals surface area contributed by atoms with Gasteiger partial charge in [-0.15, -0.1) is 0 Å². The molecule has 3 aromatic heterocycles. The van der Waals surface area contributed by atoms with Gasteiger partial charge in [0.1, 0.15) is 12.2 Å². The minimum atomic E-state index is -0.349. The lowest BCUT2D eigenvalue weighted by Crippen LogP contribution is -2.40. The Bertz CT molecular complexity index is 2300. The van der Waals surface area contributed by atoms with E-state index in [9.17, 15) is 19.2 Å². The molecule has 10 rings (SSSR count). The van der Waals surface area contributed by atoms with Gasteiger partial charge in [-0.25, -0.2) is 9.59 Å². The Morgan fingerprint density at radius 3 is 1.95 bits per heavy atom. The molecule has 0 saturated carbocycles. The minimum Gasteiger partial charge on any atom is -0.442 e. The van der Waals surface area contributed by atoms with Crippen LogP contribution in [-0.4, -0.2) is 75.9 Å². The Labute approximate surface area is 321 Å². The lowest BCUT2D eigenvalue weighted by molar-refractivity contribution is -0.120. The number of hydrogen-bond donors (Lipinski definition) is 2. The molecule has 5 aromatic rings. The summed E-state index contributed by atoms with van der Waals surface area (Å²) in [5.74, 6) is -0.250. The predicted octanol–water partition coefficient (Wildman–Crippen LogP) is 5.28. The predicted molar refractivity (Wildman–Crippen MR) is 208 cm³/mol. The second-order valence-electron chi connectivity index (χ2n) is 14.2. The Hall–Kier alpha value is -6.44. The summed E-state index contributed by atoms with van der Waals surface area (Å²) >= 11 is 0. The third kappa shape index (κ3) is 6.47. The smallest absolute Gasteiger partial charge is 0.415 e. The molecule has 4 amide bonds. The average molecular weight is 747 g/mol. The van der Waals surface area contributed by atoms with Crippen LogP contribution >= 0.6 is 0 Å². The van der Waals surface area contributed by atoms with E-state index >= 15 is 0 Å². The Morgan fingerprint density at radius 2 is 1.35 bits per heavy atom. The number of benzene rings is 2. The van der Waals surface area contributed by atoms with Gasteiger partial charge in [0.2, 0.25) is 11.8 Å². The zero-order valence-corrected chi connectivity index (χ0v) is 29.8. The number of hydrogen-bond acceptors (Lipinski definition) is 9. The molecule has 0 spiro atoms. The standard InChI is InChI=1S/C20H20N4O3.C20H18N4O3.CH4.H2/c2*1-12(25)22-9-19-18-8-14-7-15(4-5-17(14)24(18)20(26)27-19)23-10-13-3-2-6-21-16(13)11-23;;/h2-7,18-19H,8-11H2,1H3,(H,22,25);2-7,10-11,18-19H,8-9H2,1H3,(H,22,25);1H4;1H/t2*18-,19-;;/m00../s1/i;;;1+1D. The third-order valence-electron chi connectivity index (χ3n) is 10.8. The van der Waals surface area contributed by atoms with Crippen LogP contribution in [0.5, 0.6) is 0 Å². The average Bonchev–Trinajstić information content (AvgIpc) is 4.05. The summed E-state index contributed by atoms with van der Waals surface area (Å²) in [4.78, 5) is 61.6. The van der Waals surface area contributed by atoms with Crippen molar-refractivity contribution < 1.29 is 31.6 Å². The summed E-state index contributed by atoms with van der Waals surface area (Å²) in [6.07, 6.45) is 7.77. The van der Waals surface area contributed by atoms with Gasteiger partial charge >= 0.3 is 12.2 Å². The van der Waals surface area contributed by atoms with Crippen molar-refractivity contribution in [2.75, 3.05) is 27.8 Å². The molecule has 55 heavy (non-hydrogen) atoms. The molecule has 0 bridgehead atoms. The van der Waals surface area contributed by atoms with Crippen LogP contribution in [0, 0.1) is 0 Å². The van der Waals surface area contributed by atoms with Gasteiger partial charge in [0.15, 0.2) is 0 Å². The normalized spacial score (nSPS) is 21.2. The maximum Gasteiger partial charge on any atom is 0.415 e. The number of aromatic nitrogens is 3. The summed E-state index contributed by atoms with van der Waals surface area (Å²) in [5, 5.41) is 6.58. The van der Waals surface area contributed by atoms with Crippen molar-refractivity contribution in [3.8, 4) is 5.69 Å². The SMILES string of the molecule is C.CC(=O)NC[C@@H]1OC(=O)N2c3ccc(-n4cc5cccnc5c4)cc3C[C@@H]12.CC(=O)NC[C@@H]1OC(=O)N2c3ccc(N4Cc5cccnc5C4)cc3C[C@@H]12.[2H][2H]. The topological polar surface area (TPSA) is 151 Å². The lowest BCUT2D eigenvalue weighted by Gasteiger charge is -2.19. The quantitative estimate of drug-likeness (QED) is 0.237. The van der Waals surface area contributed by atoms with E-state index in [-0.39, 0.29) is 55.7 Å². The summed E-state index contributed by atoms with van der Waals surface area (Å²) in [5.41, 5.74) is 9.54. The Kier molecular flexibility index (Phi) is 8.79. The van der Waals surface area contributed by atoms with Crippen molar-refractivity contribution >= 4 is 52.0 Å². The van der Waals surface area contributed by atoms with Crippen molar-refractivity contribution in [2.24, 2.45) is 0 Å². The van der Waals surface area contributed by atoms with Gasteiger partial charge in [0, 0.05) is 64.9 Å². The third-order valence-corrected chi connectivity index (χ3v) is 10.8. The largest absolute Gasteiger partial charge is 0.442 e. The van der Waals surface area contributed by atoms with Crippen molar-refractivity contribution in [3.63, 3.8) is 0 Å². The van der Waals surface area contributed by atoms with Crippen LogP contribution in [0.2, 0.25) is 0 Å². The van der Waals surface area contributed by atoms with Crippen LogP contribution in [-0.2, 0) is 45.0 Å². The van der Waals surface area contributed by atoms with Gasteiger partial charge in [-0.05, 0) is 84.1 Å². The van der Waals surface area contributed by atoms with Crippen LogP contribution < -0.4 is 25.3 Å². The molecule has 2 saturated heterocycles. The van der Waals surface area contributed by atoms with Crippen LogP contribution in [0.15, 0.2) is 85.5 Å². The highest BCUT2D eigenvalue weighted by molar-refractivity contribution is 5.95. The van der Waals surface area contributed by atoms with E-state index in [1.54, 1.807) is 16.0 Å². The molecule has 2 N–H and O–H groups in total. The van der Waals surface area contributed by atoms with Gasteiger partial charge in [0.25, 0.3) is 0 Å². The van der Waals surface area contributed by atoms with E-state index in [1.807, 2.05) is 55.0 Å². The van der Waals surface area contributed by atoms with E-state index in [1.165, 1.54) is 19.4 Å². The molecule has 0 unspecified atom stereocenters. The van der Waals surface area contributed by atoms with Crippen molar-refractivity contribution in [1.29, 1.82) is 0 Å². The number of carbonyl (C=O) groups excluding carboxylic acids is 4. The van der Waals surface area contributed by atoms with E-state index in [0.29, 0.717) is 19.5 Å². The number of cyclic esters (lactones) is 2. The fraction of sp³-hybridized carbons (Fsp3) is 0.317. The fourth-order valence-electron chi connectivity index (χ4n) is 8.22. The highest BCUT2D eigenvalue weighted by atomic mass is 16.6. The maximum atomic E-state index is 12.3. The highest BCUT2D eigenvalue weighted by Gasteiger charge is 2.48. The molecule has 5 aliphatic heterocycles. The minimum absolute atomic E-state index is 0. The molecular weight excluding hydrogens is 701 g/mol. The van der Waals surface area contributed by atoms with Crippen LogP contribution in [0.4, 0.5) is 26.7 Å². The number of rotatable bonds is 6. The van der Waals surface area contributed by atoms with E-state index in [4.69, 9.17) is 12.4 Å². The zero-order chi connectivity index (χ0) is 39.1. The van der Waals surface area contributed by atoms with Gasteiger partial charge in [0.05, 0.1) is 54.3 Å². The van der Waals surface area contributed by atoms with Gasteiger partial charge < -0.3 is 29.6 Å². The van der Waals surface area contributed by atoms with Crippen molar-refractivity contribution in [1.82, 2.24) is 25.2 Å². The number of amides is 4. The van der Waals surface area contributed by atoms with Gasteiger partial charge in [-0.3, -0.25) is 29.4 Å². The Morgan fingerprint density at radius 1 is 0.764 bits per heavy atom. The molecule has 8 heterocycles. The molecular formula is C41H44N8O6. The number of anilines is 3. The number of nitrogens with one attached hydrogen (secondary N) is 2. The second-order valence-corrected chi connectivity index (χ2v) is 14.2. The first kappa shape index (κ1) is 34.3. The fourth-order valence-corrected chi connectivity index (χ4v) is 8.22. The van der Waals surface area contributed by atoms with Gasteiger partial charge in [-0.2, -0.15) is 0 Å². The van der Waals surface area contributed by atoms with Crippen LogP contribution in [0.1, 0.15) is 46.6 Å². The molecule has 0 radical (unpaired) electrons. The zero-order valence-electron chi connectivity index (χ0n) is 31.8. The van der Waals surface area contributed by atoms with Crippen LogP contribution in [0.25, 0.3) is 16.6 Å². The summed E-state index contributed by atoms with van der Waals surface area (Å²) in [6, 6.07) is 20.2. The number of carbonyl (C=O) groups is 4. The van der Waals surface area contributed by atoms with Crippen molar-refractivity contribution in [2.45, 2.75) is 71.5 Å². The first-order valence-electron chi connectivity index (χ1n) is 19.1. The van der Waals surface area contributed by atoms with Gasteiger partial charge in [-0.1, -0.05) is 13.5 Å². The first-order chi connectivity index (χ1) is 27.2. The summed E-state index contributed by atoms with van der Waals surface area (Å²) in [6.45, 7) is 5.25. The molecule has 2 aromatic carbocycles. The van der Waals surface area contributed by atoms with E-state index in [2.05, 4.69) is 54.3 Å². The Balaban J connectivity index is 0.000000164. The molecule has 4 atom stereocenters. The number of nitrogens with zero attached hydrogens (tertiary/aromatic N) is 6. The molecule has 0 aliphatic carbocycles. The van der Waals surface area contributed by atoms with Crippen molar-refractivity contribution in [3.05, 3.63) is 108 Å². The maximum absolute atomic E-state index is 12.3. The molecule has 2 fully saturated rings. The second kappa shape index (κ2) is 14.1. The lowest BCUT2D eigenvalue weighted by atomic mass is 10.0. The highest BCUT2D eigenvalue weighted by Crippen LogP contribution is 2.42. The van der Waals surface area contributed by atoms with E-state index in [0.717, 1.165) is 70.0 Å². The molecule has 284 valence electrons. The molecule has 5 aliphatic rings.